The van der Waals surface area contributed by atoms with Crippen molar-refractivity contribution in [1.29, 1.82) is 0 Å². The van der Waals surface area contributed by atoms with Crippen LogP contribution < -0.4 is 0 Å². The summed E-state index contributed by atoms with van der Waals surface area (Å²) in [6.45, 7) is 8.66. The number of rotatable bonds is 5. The Hall–Kier alpha value is -1.28. The molecule has 2 aromatic rings. The summed E-state index contributed by atoms with van der Waals surface area (Å²) in [6, 6.07) is 13.1. The van der Waals surface area contributed by atoms with Crippen LogP contribution in [0.25, 0.3) is 11.1 Å². The summed E-state index contributed by atoms with van der Waals surface area (Å²) in [6.07, 6.45) is 1.27. The average molecular weight is 285 g/mol. The van der Waals surface area contributed by atoms with Crippen molar-refractivity contribution in [1.82, 2.24) is 4.98 Å². The maximum absolute atomic E-state index is 4.54. The van der Waals surface area contributed by atoms with Gasteiger partial charge in [-0.3, -0.25) is 4.98 Å². The lowest BCUT2D eigenvalue weighted by molar-refractivity contribution is 0.632. The van der Waals surface area contributed by atoms with Crippen LogP contribution in [-0.4, -0.2) is 10.7 Å². The minimum absolute atomic E-state index is 0.781. The van der Waals surface area contributed by atoms with Gasteiger partial charge in [0, 0.05) is 21.8 Å². The van der Waals surface area contributed by atoms with Crippen molar-refractivity contribution < 1.29 is 0 Å². The van der Waals surface area contributed by atoms with Crippen molar-refractivity contribution in [3.8, 4) is 11.1 Å². The van der Waals surface area contributed by atoms with E-state index in [0.717, 1.165) is 17.3 Å². The molecule has 1 heterocycles. The monoisotopic (exact) mass is 285 g/mol. The van der Waals surface area contributed by atoms with Crippen LogP contribution >= 0.6 is 11.8 Å². The molecule has 0 bridgehead atoms. The molecule has 0 radical (unpaired) electrons. The van der Waals surface area contributed by atoms with Crippen LogP contribution in [-0.2, 0) is 0 Å². The molecule has 0 spiro atoms. The zero-order chi connectivity index (χ0) is 14.5. The van der Waals surface area contributed by atoms with E-state index in [9.17, 15) is 0 Å². The summed E-state index contributed by atoms with van der Waals surface area (Å²) in [5.74, 6) is 1.98. The highest BCUT2D eigenvalue weighted by molar-refractivity contribution is 7.99. The maximum Gasteiger partial charge on any atom is 0.0454 e. The summed E-state index contributed by atoms with van der Waals surface area (Å²) in [4.78, 5) is 5.89. The maximum atomic E-state index is 4.54. The molecule has 2 rings (SSSR count). The summed E-state index contributed by atoms with van der Waals surface area (Å²) < 4.78 is 0. The van der Waals surface area contributed by atoms with E-state index in [2.05, 4.69) is 62.2 Å². The highest BCUT2D eigenvalue weighted by atomic mass is 32.2. The van der Waals surface area contributed by atoms with E-state index < -0.39 is 0 Å². The van der Waals surface area contributed by atoms with E-state index in [1.807, 2.05) is 18.7 Å². The lowest BCUT2D eigenvalue weighted by Gasteiger charge is -2.08. The summed E-state index contributed by atoms with van der Waals surface area (Å²) in [7, 11) is 0. The van der Waals surface area contributed by atoms with E-state index in [-0.39, 0.29) is 0 Å². The second-order valence-electron chi connectivity index (χ2n) is 5.64. The van der Waals surface area contributed by atoms with Gasteiger partial charge < -0.3 is 0 Å². The molecule has 20 heavy (non-hydrogen) atoms. The molecule has 2 heteroatoms. The molecule has 0 aliphatic rings. The van der Waals surface area contributed by atoms with Crippen LogP contribution in [0.2, 0.25) is 0 Å². The molecule has 1 aromatic carbocycles. The molecule has 0 fully saturated rings. The predicted octanol–water partition coefficient (Wildman–Crippen LogP) is 5.50. The molecular formula is C18H23NS. The minimum atomic E-state index is 0.781. The lowest BCUT2D eigenvalue weighted by atomic mass is 10.0. The predicted molar refractivity (Wildman–Crippen MR) is 89.3 cm³/mol. The highest BCUT2D eigenvalue weighted by Gasteiger charge is 2.04. The Balaban J connectivity index is 2.07. The van der Waals surface area contributed by atoms with Crippen molar-refractivity contribution >= 4 is 11.8 Å². The first-order valence-electron chi connectivity index (χ1n) is 7.24. The number of hydrogen-bond donors (Lipinski definition) is 0. The van der Waals surface area contributed by atoms with Crippen LogP contribution in [0.5, 0.6) is 0 Å². The molecule has 106 valence electrons. The zero-order valence-corrected chi connectivity index (χ0v) is 13.6. The van der Waals surface area contributed by atoms with Gasteiger partial charge in [0.05, 0.1) is 0 Å². The smallest absolute Gasteiger partial charge is 0.0454 e. The summed E-state index contributed by atoms with van der Waals surface area (Å²) >= 11 is 1.94. The van der Waals surface area contributed by atoms with Gasteiger partial charge >= 0.3 is 0 Å². The quantitative estimate of drug-likeness (QED) is 0.672. The number of pyridine rings is 1. The molecule has 0 aliphatic carbocycles. The highest BCUT2D eigenvalue weighted by Crippen LogP contribution is 2.26. The van der Waals surface area contributed by atoms with Crippen LogP contribution in [0.4, 0.5) is 0 Å². The lowest BCUT2D eigenvalue weighted by Crippen LogP contribution is -1.91. The molecule has 0 unspecified atom stereocenters. The number of aryl methyl sites for hydroxylation is 2. The first-order chi connectivity index (χ1) is 9.56. The summed E-state index contributed by atoms with van der Waals surface area (Å²) in [5.41, 5.74) is 4.66. The number of thioether (sulfide) groups is 1. The van der Waals surface area contributed by atoms with E-state index in [1.54, 1.807) is 0 Å². The van der Waals surface area contributed by atoms with Gasteiger partial charge in [0.2, 0.25) is 0 Å². The molecule has 0 N–H and O–H groups in total. The van der Waals surface area contributed by atoms with Gasteiger partial charge in [0.25, 0.3) is 0 Å². The van der Waals surface area contributed by atoms with Crippen molar-refractivity contribution in [2.75, 3.05) is 5.75 Å². The molecular weight excluding hydrogens is 262 g/mol. The van der Waals surface area contributed by atoms with Crippen LogP contribution in [0.3, 0.4) is 0 Å². The Morgan fingerprint density at radius 2 is 1.70 bits per heavy atom. The van der Waals surface area contributed by atoms with E-state index in [0.29, 0.717) is 0 Å². The van der Waals surface area contributed by atoms with Gasteiger partial charge in [0.15, 0.2) is 0 Å². The fourth-order valence-electron chi connectivity index (χ4n) is 2.13. The van der Waals surface area contributed by atoms with E-state index in [4.69, 9.17) is 0 Å². The number of nitrogens with zero attached hydrogens (tertiary/aromatic N) is 1. The third-order valence-corrected chi connectivity index (χ3v) is 4.40. The second-order valence-corrected chi connectivity index (χ2v) is 6.81. The van der Waals surface area contributed by atoms with Crippen molar-refractivity contribution in [2.24, 2.45) is 5.92 Å². The van der Waals surface area contributed by atoms with Gasteiger partial charge in [-0.25, -0.2) is 0 Å². The molecule has 0 atom stereocenters. The molecule has 1 aromatic heterocycles. The van der Waals surface area contributed by atoms with Crippen LogP contribution in [0.1, 0.15) is 31.7 Å². The Morgan fingerprint density at radius 1 is 1.00 bits per heavy atom. The molecule has 0 amide bonds. The van der Waals surface area contributed by atoms with Gasteiger partial charge in [-0.2, -0.15) is 0 Å². The number of hydrogen-bond acceptors (Lipinski definition) is 2. The number of aromatic nitrogens is 1. The van der Waals surface area contributed by atoms with Crippen molar-refractivity contribution in [3.63, 3.8) is 0 Å². The Kier molecular flexibility index (Phi) is 5.24. The van der Waals surface area contributed by atoms with Crippen LogP contribution in [0.15, 0.2) is 41.3 Å². The SMILES string of the molecule is Cc1ccc(-c2ccc(SCCC(C)C)cc2)c(C)n1. The standard InChI is InChI=1S/C18H23NS/c1-13(2)11-12-20-17-8-6-16(7-9-17)18-10-5-14(3)19-15(18)4/h5-10,13H,11-12H2,1-4H3. The van der Waals surface area contributed by atoms with Crippen molar-refractivity contribution in [2.45, 2.75) is 39.0 Å². The first-order valence-corrected chi connectivity index (χ1v) is 8.22. The van der Waals surface area contributed by atoms with E-state index in [1.165, 1.54) is 28.2 Å². The largest absolute Gasteiger partial charge is 0.258 e. The fourth-order valence-corrected chi connectivity index (χ4v) is 3.29. The second kappa shape index (κ2) is 6.94. The average Bonchev–Trinajstić information content (AvgIpc) is 2.39. The van der Waals surface area contributed by atoms with Crippen LogP contribution in [0, 0.1) is 19.8 Å². The number of benzene rings is 1. The Labute approximate surface area is 126 Å². The fraction of sp³-hybridized carbons (Fsp3) is 0.389. The van der Waals surface area contributed by atoms with Crippen molar-refractivity contribution in [3.05, 3.63) is 47.8 Å². The zero-order valence-electron chi connectivity index (χ0n) is 12.8. The Morgan fingerprint density at radius 3 is 2.30 bits per heavy atom. The third kappa shape index (κ3) is 4.11. The molecule has 0 saturated heterocycles. The molecule has 0 aliphatic heterocycles. The van der Waals surface area contributed by atoms with Gasteiger partial charge in [-0.05, 0) is 55.7 Å². The third-order valence-electron chi connectivity index (χ3n) is 3.35. The van der Waals surface area contributed by atoms with Gasteiger partial charge in [-0.1, -0.05) is 32.0 Å². The van der Waals surface area contributed by atoms with Gasteiger partial charge in [0.1, 0.15) is 0 Å². The first kappa shape index (κ1) is 15.1. The summed E-state index contributed by atoms with van der Waals surface area (Å²) in [5, 5.41) is 0. The van der Waals surface area contributed by atoms with E-state index >= 15 is 0 Å². The molecule has 0 saturated carbocycles. The van der Waals surface area contributed by atoms with Gasteiger partial charge in [-0.15, -0.1) is 11.8 Å². The minimum Gasteiger partial charge on any atom is -0.258 e. The molecule has 1 nitrogen and oxygen atoms in total. The normalized spacial score (nSPS) is 11.1. The topological polar surface area (TPSA) is 12.9 Å². The Bertz CT molecular complexity index is 558.